The van der Waals surface area contributed by atoms with Crippen LogP contribution in [0.4, 0.5) is 0 Å². The molecule has 1 fully saturated rings. The first-order chi connectivity index (χ1) is 6.31. The van der Waals surface area contributed by atoms with Gasteiger partial charge in [-0.05, 0) is 26.2 Å². The van der Waals surface area contributed by atoms with E-state index in [9.17, 15) is 0 Å². The van der Waals surface area contributed by atoms with E-state index in [4.69, 9.17) is 0 Å². The summed E-state index contributed by atoms with van der Waals surface area (Å²) in [6, 6.07) is 0. The van der Waals surface area contributed by atoms with Crippen LogP contribution in [0.25, 0.3) is 0 Å². The molecule has 13 heavy (non-hydrogen) atoms. The van der Waals surface area contributed by atoms with E-state index in [1.165, 1.54) is 28.4 Å². The second kappa shape index (κ2) is 4.75. The van der Waals surface area contributed by atoms with E-state index in [0.29, 0.717) is 0 Å². The van der Waals surface area contributed by atoms with Gasteiger partial charge in [-0.15, -0.1) is 11.3 Å². The zero-order chi connectivity index (χ0) is 9.84. The van der Waals surface area contributed by atoms with Crippen molar-refractivity contribution in [3.8, 4) is 0 Å². The molecule has 0 unspecified atom stereocenters. The Kier molecular flexibility index (Phi) is 3.91. The summed E-state index contributed by atoms with van der Waals surface area (Å²) in [6.07, 6.45) is 3.83. The molecule has 1 nitrogen and oxygen atoms in total. The number of hydrogen-bond acceptors (Lipinski definition) is 2. The van der Waals surface area contributed by atoms with Gasteiger partial charge in [-0.1, -0.05) is 20.8 Å². The lowest BCUT2D eigenvalue weighted by atomic mass is 10.3. The first-order valence-corrected chi connectivity index (χ1v) is 6.09. The highest BCUT2D eigenvalue weighted by Crippen LogP contribution is 2.42. The first-order valence-electron chi connectivity index (χ1n) is 5.27. The van der Waals surface area contributed by atoms with Crippen molar-refractivity contribution >= 4 is 11.3 Å². The lowest BCUT2D eigenvalue weighted by Gasteiger charge is -1.89. The van der Waals surface area contributed by atoms with Crippen molar-refractivity contribution in [2.24, 2.45) is 0 Å². The highest BCUT2D eigenvalue weighted by atomic mass is 32.1. The summed E-state index contributed by atoms with van der Waals surface area (Å²) >= 11 is 1.87. The second-order valence-electron chi connectivity index (χ2n) is 3.18. The number of hydrogen-bond donors (Lipinski definition) is 0. The van der Waals surface area contributed by atoms with Crippen LogP contribution in [0.5, 0.6) is 0 Å². The molecule has 1 aliphatic carbocycles. The van der Waals surface area contributed by atoms with Gasteiger partial charge < -0.3 is 0 Å². The summed E-state index contributed by atoms with van der Waals surface area (Å²) in [7, 11) is 0. The minimum atomic E-state index is 0.826. The fourth-order valence-electron chi connectivity index (χ4n) is 1.35. The van der Waals surface area contributed by atoms with E-state index < -0.39 is 0 Å². The third-order valence-electron chi connectivity index (χ3n) is 2.14. The molecule has 74 valence electrons. The van der Waals surface area contributed by atoms with E-state index in [2.05, 4.69) is 18.8 Å². The molecule has 1 aromatic heterocycles. The normalized spacial score (nSPS) is 15.1. The molecule has 0 atom stereocenters. The van der Waals surface area contributed by atoms with Gasteiger partial charge >= 0.3 is 0 Å². The summed E-state index contributed by atoms with van der Waals surface area (Å²) < 4.78 is 0. The molecule has 2 rings (SSSR count). The van der Waals surface area contributed by atoms with Gasteiger partial charge in [0.15, 0.2) is 0 Å². The van der Waals surface area contributed by atoms with Crippen LogP contribution in [0.2, 0.25) is 0 Å². The highest BCUT2D eigenvalue weighted by Gasteiger charge is 2.27. The molecule has 1 saturated carbocycles. The minimum absolute atomic E-state index is 0.826. The predicted octanol–water partition coefficient (Wildman–Crippen LogP) is 3.92. The molecule has 0 aromatic carbocycles. The van der Waals surface area contributed by atoms with Crippen molar-refractivity contribution < 1.29 is 0 Å². The van der Waals surface area contributed by atoms with E-state index in [0.717, 1.165) is 12.3 Å². The number of nitrogens with zero attached hydrogens (tertiary/aromatic N) is 1. The van der Waals surface area contributed by atoms with Crippen LogP contribution < -0.4 is 0 Å². The zero-order valence-electron chi connectivity index (χ0n) is 9.05. The fourth-order valence-corrected chi connectivity index (χ4v) is 2.31. The van der Waals surface area contributed by atoms with Gasteiger partial charge in [-0.3, -0.25) is 0 Å². The van der Waals surface area contributed by atoms with Gasteiger partial charge in [0.2, 0.25) is 0 Å². The van der Waals surface area contributed by atoms with Crippen LogP contribution in [0, 0.1) is 6.92 Å². The molecule has 0 spiro atoms. The maximum absolute atomic E-state index is 4.61. The third kappa shape index (κ3) is 2.53. The van der Waals surface area contributed by atoms with Crippen LogP contribution in [0.3, 0.4) is 0 Å². The molecule has 1 heterocycles. The van der Waals surface area contributed by atoms with Crippen molar-refractivity contribution in [2.45, 2.75) is 52.9 Å². The molecule has 1 aromatic rings. The Bertz CT molecular complexity index is 261. The summed E-state index contributed by atoms with van der Waals surface area (Å²) in [5.74, 6) is 0.826. The topological polar surface area (TPSA) is 12.9 Å². The maximum atomic E-state index is 4.61. The van der Waals surface area contributed by atoms with E-state index in [-0.39, 0.29) is 0 Å². The SMILES string of the molecule is CC.CCc1nc(C2CC2)c(C)s1. The van der Waals surface area contributed by atoms with Crippen LogP contribution in [0.1, 0.15) is 55.1 Å². The molecule has 0 aliphatic heterocycles. The lowest BCUT2D eigenvalue weighted by molar-refractivity contribution is 0.983. The van der Waals surface area contributed by atoms with Gasteiger partial charge in [-0.2, -0.15) is 0 Å². The quantitative estimate of drug-likeness (QED) is 0.700. The third-order valence-corrected chi connectivity index (χ3v) is 3.27. The Morgan fingerprint density at radius 3 is 2.38 bits per heavy atom. The Balaban J connectivity index is 0.000000396. The molecule has 1 aliphatic rings. The molecular weight excluding hydrogens is 178 g/mol. The lowest BCUT2D eigenvalue weighted by Crippen LogP contribution is -1.83. The summed E-state index contributed by atoms with van der Waals surface area (Å²) in [4.78, 5) is 6.06. The van der Waals surface area contributed by atoms with E-state index >= 15 is 0 Å². The molecule has 0 N–H and O–H groups in total. The van der Waals surface area contributed by atoms with Gasteiger partial charge in [0, 0.05) is 10.8 Å². The molecule has 0 radical (unpaired) electrons. The van der Waals surface area contributed by atoms with E-state index in [1.807, 2.05) is 25.2 Å². The van der Waals surface area contributed by atoms with Crippen molar-refractivity contribution in [2.75, 3.05) is 0 Å². The van der Waals surface area contributed by atoms with Crippen LogP contribution in [-0.2, 0) is 6.42 Å². The number of rotatable bonds is 2. The minimum Gasteiger partial charge on any atom is -0.246 e. The van der Waals surface area contributed by atoms with E-state index in [1.54, 1.807) is 0 Å². The standard InChI is InChI=1S/C9H13NS.C2H6/c1-3-8-10-9(6(2)11-8)7-4-5-7;1-2/h7H,3-5H2,1-2H3;1-2H3. The summed E-state index contributed by atoms with van der Waals surface area (Å²) in [6.45, 7) is 8.37. The first kappa shape index (κ1) is 10.7. The van der Waals surface area contributed by atoms with Crippen LogP contribution in [-0.4, -0.2) is 4.98 Å². The number of aryl methyl sites for hydroxylation is 2. The Labute approximate surface area is 85.2 Å². The Hall–Kier alpha value is -0.370. The summed E-state index contributed by atoms with van der Waals surface area (Å²) in [5.41, 5.74) is 1.40. The van der Waals surface area contributed by atoms with Gasteiger partial charge in [0.25, 0.3) is 0 Å². The van der Waals surface area contributed by atoms with Crippen molar-refractivity contribution in [1.82, 2.24) is 4.98 Å². The second-order valence-corrected chi connectivity index (χ2v) is 4.46. The van der Waals surface area contributed by atoms with Gasteiger partial charge in [-0.25, -0.2) is 4.98 Å². The molecular formula is C11H19NS. The molecule has 2 heteroatoms. The number of thiazole rings is 1. The van der Waals surface area contributed by atoms with Gasteiger partial charge in [0.05, 0.1) is 10.7 Å². The average Bonchev–Trinajstić information content (AvgIpc) is 2.94. The van der Waals surface area contributed by atoms with Gasteiger partial charge in [0.1, 0.15) is 0 Å². The number of aromatic nitrogens is 1. The van der Waals surface area contributed by atoms with Crippen LogP contribution in [0.15, 0.2) is 0 Å². The van der Waals surface area contributed by atoms with Crippen molar-refractivity contribution in [3.05, 3.63) is 15.6 Å². The average molecular weight is 197 g/mol. The molecule has 0 bridgehead atoms. The highest BCUT2D eigenvalue weighted by molar-refractivity contribution is 7.11. The van der Waals surface area contributed by atoms with Crippen LogP contribution >= 0.6 is 11.3 Å². The largest absolute Gasteiger partial charge is 0.246 e. The van der Waals surface area contributed by atoms with Crippen molar-refractivity contribution in [3.63, 3.8) is 0 Å². The monoisotopic (exact) mass is 197 g/mol. The smallest absolute Gasteiger partial charge is 0.0928 e. The molecule has 0 amide bonds. The Morgan fingerprint density at radius 2 is 2.00 bits per heavy atom. The van der Waals surface area contributed by atoms with Crippen molar-refractivity contribution in [1.29, 1.82) is 0 Å². The zero-order valence-corrected chi connectivity index (χ0v) is 9.87. The fraction of sp³-hybridized carbons (Fsp3) is 0.727. The predicted molar refractivity (Wildman–Crippen MR) is 59.6 cm³/mol. The molecule has 0 saturated heterocycles. The maximum Gasteiger partial charge on any atom is 0.0928 e. The Morgan fingerprint density at radius 1 is 1.38 bits per heavy atom. The summed E-state index contributed by atoms with van der Waals surface area (Å²) in [5, 5.41) is 1.31.